The number of hydrogen-bond acceptors (Lipinski definition) is 4. The van der Waals surface area contributed by atoms with Gasteiger partial charge in [0, 0.05) is 23.3 Å². The molecule has 40 heavy (non-hydrogen) atoms. The molecule has 0 aliphatic carbocycles. The van der Waals surface area contributed by atoms with E-state index >= 15 is 0 Å². The number of allylic oxidation sites excluding steroid dienone is 1. The Morgan fingerprint density at radius 2 is 1.68 bits per heavy atom. The first-order chi connectivity index (χ1) is 18.6. The maximum Gasteiger partial charge on any atom is 0.412 e. The van der Waals surface area contributed by atoms with Crippen LogP contribution in [0.1, 0.15) is 38.3 Å². The fourth-order valence-electron chi connectivity index (χ4n) is 3.36. The summed E-state index contributed by atoms with van der Waals surface area (Å²) in [4.78, 5) is 12.1. The van der Waals surface area contributed by atoms with Crippen LogP contribution in [0.25, 0.3) is 11.1 Å². The van der Waals surface area contributed by atoms with Gasteiger partial charge in [-0.05, 0) is 54.8 Å². The average molecular weight is 577 g/mol. The summed E-state index contributed by atoms with van der Waals surface area (Å²) < 4.78 is 76.0. The van der Waals surface area contributed by atoms with Crippen LogP contribution in [0.3, 0.4) is 0 Å². The van der Waals surface area contributed by atoms with Gasteiger partial charge in [-0.2, -0.15) is 18.4 Å². The fourth-order valence-corrected chi connectivity index (χ4v) is 4.27. The lowest BCUT2D eigenvalue weighted by molar-refractivity contribution is -0.120. The van der Waals surface area contributed by atoms with Gasteiger partial charge in [0.15, 0.2) is 9.84 Å². The van der Waals surface area contributed by atoms with Gasteiger partial charge in [-0.1, -0.05) is 63.7 Å². The quantitative estimate of drug-likeness (QED) is 0.239. The maximum atomic E-state index is 14.5. The molecule has 0 spiro atoms. The summed E-state index contributed by atoms with van der Waals surface area (Å²) in [6.45, 7) is 10.2. The Kier molecular flexibility index (Phi) is 12.8. The maximum absolute atomic E-state index is 14.5. The van der Waals surface area contributed by atoms with Crippen molar-refractivity contribution in [2.24, 2.45) is 5.92 Å². The van der Waals surface area contributed by atoms with E-state index in [-0.39, 0.29) is 16.1 Å². The molecule has 0 heterocycles. The van der Waals surface area contributed by atoms with E-state index < -0.39 is 45.6 Å². The van der Waals surface area contributed by atoms with Gasteiger partial charge >= 0.3 is 6.18 Å². The molecular formula is C30H32F4N2O3S. The molecule has 3 aromatic carbocycles. The zero-order valence-corrected chi connectivity index (χ0v) is 23.8. The minimum absolute atomic E-state index is 0.0236. The topological polar surface area (TPSA) is 87.0 Å². The van der Waals surface area contributed by atoms with Crippen LogP contribution in [-0.2, 0) is 14.6 Å². The zero-order chi connectivity index (χ0) is 30.7. The third-order valence-corrected chi connectivity index (χ3v) is 6.53. The molecule has 0 bridgehead atoms. The Morgan fingerprint density at radius 1 is 1.05 bits per heavy atom. The molecule has 0 saturated carbocycles. The summed E-state index contributed by atoms with van der Waals surface area (Å²) >= 11 is 0. The van der Waals surface area contributed by atoms with Gasteiger partial charge in [0.1, 0.15) is 5.82 Å². The van der Waals surface area contributed by atoms with Crippen molar-refractivity contribution in [1.82, 2.24) is 0 Å². The van der Waals surface area contributed by atoms with Crippen molar-refractivity contribution in [3.8, 4) is 17.2 Å². The van der Waals surface area contributed by atoms with Crippen molar-refractivity contribution in [3.05, 3.63) is 95.8 Å². The Morgan fingerprint density at radius 3 is 2.17 bits per heavy atom. The predicted molar refractivity (Wildman–Crippen MR) is 150 cm³/mol. The van der Waals surface area contributed by atoms with E-state index in [1.54, 1.807) is 18.2 Å². The van der Waals surface area contributed by atoms with Crippen molar-refractivity contribution in [1.29, 1.82) is 5.26 Å². The molecule has 0 radical (unpaired) electrons. The number of sulfone groups is 1. The number of aryl methyl sites for hydroxylation is 1. The van der Waals surface area contributed by atoms with Crippen LogP contribution in [0.15, 0.2) is 83.8 Å². The van der Waals surface area contributed by atoms with Gasteiger partial charge < -0.3 is 5.32 Å². The van der Waals surface area contributed by atoms with E-state index in [4.69, 9.17) is 5.26 Å². The van der Waals surface area contributed by atoms with Crippen LogP contribution in [0.4, 0.5) is 23.2 Å². The normalized spacial score (nSPS) is 11.5. The highest BCUT2D eigenvalue weighted by Crippen LogP contribution is 2.31. The van der Waals surface area contributed by atoms with Gasteiger partial charge in [-0.15, -0.1) is 0 Å². The number of amides is 1. The van der Waals surface area contributed by atoms with Crippen molar-refractivity contribution in [2.45, 2.75) is 45.2 Å². The lowest BCUT2D eigenvalue weighted by Gasteiger charge is -2.16. The second-order valence-electron chi connectivity index (χ2n) is 8.64. The van der Waals surface area contributed by atoms with Gasteiger partial charge in [0.05, 0.1) is 22.2 Å². The van der Waals surface area contributed by atoms with Crippen molar-refractivity contribution in [3.63, 3.8) is 0 Å². The summed E-state index contributed by atoms with van der Waals surface area (Å²) in [5.74, 6) is -2.71. The lowest BCUT2D eigenvalue weighted by Crippen LogP contribution is -2.24. The highest BCUT2D eigenvalue weighted by atomic mass is 32.2. The highest BCUT2D eigenvalue weighted by molar-refractivity contribution is 7.90. The molecule has 1 atom stereocenters. The molecule has 1 unspecified atom stereocenters. The minimum atomic E-state index is -4.60. The highest BCUT2D eigenvalue weighted by Gasteiger charge is 2.33. The van der Waals surface area contributed by atoms with E-state index in [1.165, 1.54) is 31.2 Å². The van der Waals surface area contributed by atoms with Gasteiger partial charge in [0.2, 0.25) is 5.91 Å². The Balaban J connectivity index is 0.000000609. The van der Waals surface area contributed by atoms with Crippen molar-refractivity contribution >= 4 is 21.4 Å². The molecule has 0 saturated heterocycles. The molecular weight excluding hydrogens is 544 g/mol. The molecule has 3 aromatic rings. The molecule has 0 aromatic heterocycles. The summed E-state index contributed by atoms with van der Waals surface area (Å²) in [5, 5.41) is 10.7. The number of anilines is 1. The summed E-state index contributed by atoms with van der Waals surface area (Å²) in [7, 11) is -3.55. The van der Waals surface area contributed by atoms with Gasteiger partial charge in [-0.25, -0.2) is 12.8 Å². The molecule has 1 amide bonds. The molecule has 10 heteroatoms. The largest absolute Gasteiger partial charge is 0.412 e. The standard InChI is InChI=1S/C20H19F4NO3S.C8H7N.C2H6/c1-12(10-13(2)20(22,23)24)19(26)25-17-9-8-14(11-16(17)21)15-6-4-5-7-18(15)29(3,27)28;1-7-3-2-4-8(5-7)6-9;1-2/h4-9,11-12H,2,10H2,1,3H3,(H,25,26);2-5H,1H3;1-2H3. The van der Waals surface area contributed by atoms with E-state index in [0.717, 1.165) is 23.4 Å². The Labute approximate surface area is 233 Å². The van der Waals surface area contributed by atoms with Crippen LogP contribution in [-0.4, -0.2) is 26.8 Å². The van der Waals surface area contributed by atoms with Crippen LogP contribution in [0, 0.1) is 30.0 Å². The molecule has 5 nitrogen and oxygen atoms in total. The molecule has 0 fully saturated rings. The lowest BCUT2D eigenvalue weighted by atomic mass is 10.0. The molecule has 214 valence electrons. The molecule has 1 N–H and O–H groups in total. The van der Waals surface area contributed by atoms with Crippen LogP contribution in [0.2, 0.25) is 0 Å². The van der Waals surface area contributed by atoms with Crippen LogP contribution < -0.4 is 5.32 Å². The van der Waals surface area contributed by atoms with Crippen LogP contribution in [0.5, 0.6) is 0 Å². The molecule has 3 rings (SSSR count). The number of nitrogens with one attached hydrogen (secondary N) is 1. The average Bonchev–Trinajstić information content (AvgIpc) is 2.90. The number of alkyl halides is 3. The van der Waals surface area contributed by atoms with Gasteiger partial charge in [-0.3, -0.25) is 4.79 Å². The van der Waals surface area contributed by atoms with Crippen molar-refractivity contribution in [2.75, 3.05) is 11.6 Å². The fraction of sp³-hybridized carbons (Fsp3) is 0.267. The van der Waals surface area contributed by atoms with E-state index in [9.17, 15) is 30.8 Å². The summed E-state index contributed by atoms with van der Waals surface area (Å²) in [6, 6.07) is 19.4. The smallest absolute Gasteiger partial charge is 0.323 e. The number of carbonyl (C=O) groups excluding carboxylic acids is 1. The number of rotatable bonds is 6. The number of hydrogen-bond donors (Lipinski definition) is 1. The predicted octanol–water partition coefficient (Wildman–Crippen LogP) is 7.87. The molecule has 0 aliphatic rings. The minimum Gasteiger partial charge on any atom is -0.323 e. The summed E-state index contributed by atoms with van der Waals surface area (Å²) in [5.41, 5.74) is 1.17. The second kappa shape index (κ2) is 15.0. The third-order valence-electron chi connectivity index (χ3n) is 5.37. The third kappa shape index (κ3) is 10.3. The van der Waals surface area contributed by atoms with Crippen molar-refractivity contribution < 1.29 is 30.8 Å². The summed E-state index contributed by atoms with van der Waals surface area (Å²) in [6.07, 6.45) is -4.18. The number of carbonyl (C=O) groups is 1. The Hall–Kier alpha value is -3.97. The molecule has 0 aliphatic heterocycles. The van der Waals surface area contributed by atoms with E-state index in [2.05, 4.69) is 18.0 Å². The number of nitriles is 1. The first-order valence-corrected chi connectivity index (χ1v) is 14.1. The monoisotopic (exact) mass is 576 g/mol. The first kappa shape index (κ1) is 34.1. The first-order valence-electron chi connectivity index (χ1n) is 12.2. The van der Waals surface area contributed by atoms with E-state index in [0.29, 0.717) is 5.56 Å². The second-order valence-corrected chi connectivity index (χ2v) is 10.6. The number of halogens is 4. The Bertz CT molecular complexity index is 1480. The number of nitrogens with zero attached hydrogens (tertiary/aromatic N) is 1. The van der Waals surface area contributed by atoms with Gasteiger partial charge in [0.25, 0.3) is 0 Å². The number of benzene rings is 3. The van der Waals surface area contributed by atoms with Crippen LogP contribution >= 0.6 is 0 Å². The zero-order valence-electron chi connectivity index (χ0n) is 22.9. The SMILES string of the molecule is C=C(CC(C)C(=O)Nc1ccc(-c2ccccc2S(C)(=O)=O)cc1F)C(F)(F)F.CC.Cc1cccc(C#N)c1. The van der Waals surface area contributed by atoms with E-state index in [1.807, 2.05) is 39.0 Å².